The zero-order chi connectivity index (χ0) is 18.4. The van der Waals surface area contributed by atoms with Crippen molar-refractivity contribution in [2.75, 3.05) is 45.8 Å². The van der Waals surface area contributed by atoms with E-state index in [1.54, 1.807) is 12.1 Å². The van der Waals surface area contributed by atoms with E-state index in [9.17, 15) is 14.9 Å². The zero-order valence-electron chi connectivity index (χ0n) is 15.3. The normalized spacial score (nSPS) is 18.6. The number of amides is 1. The van der Waals surface area contributed by atoms with Crippen LogP contribution in [0.3, 0.4) is 0 Å². The third-order valence-corrected chi connectivity index (χ3v) is 5.00. The summed E-state index contributed by atoms with van der Waals surface area (Å²) in [7, 11) is 0. The number of rotatable bonds is 6. The molecule has 2 aliphatic rings. The Bertz CT molecular complexity index is 614. The Morgan fingerprint density at radius 2 is 1.78 bits per heavy atom. The van der Waals surface area contributed by atoms with Crippen LogP contribution >= 0.6 is 12.4 Å². The van der Waals surface area contributed by atoms with Gasteiger partial charge in [-0.3, -0.25) is 14.9 Å². The van der Waals surface area contributed by atoms with E-state index in [1.165, 1.54) is 12.1 Å². The summed E-state index contributed by atoms with van der Waals surface area (Å²) in [6.07, 6.45) is 2.50. The van der Waals surface area contributed by atoms with Crippen molar-refractivity contribution in [3.63, 3.8) is 0 Å². The Labute approximate surface area is 165 Å². The standard InChI is InChI=1S/C18H26N4O4.ClH/c23-18(21-13-8-19-9-14-21)7-12-20-10-5-17(6-11-20)26-16-3-1-15(2-4-16)22(24)25;/h1-4,17,19H,5-14H2;1H. The van der Waals surface area contributed by atoms with Crippen LogP contribution in [-0.4, -0.2) is 72.5 Å². The van der Waals surface area contributed by atoms with Gasteiger partial charge in [0.05, 0.1) is 4.92 Å². The van der Waals surface area contributed by atoms with Gasteiger partial charge in [-0.2, -0.15) is 0 Å². The van der Waals surface area contributed by atoms with Gasteiger partial charge in [-0.15, -0.1) is 12.4 Å². The van der Waals surface area contributed by atoms with E-state index in [2.05, 4.69) is 10.2 Å². The van der Waals surface area contributed by atoms with Gasteiger partial charge in [0, 0.05) is 64.4 Å². The van der Waals surface area contributed by atoms with Gasteiger partial charge in [0.25, 0.3) is 5.69 Å². The van der Waals surface area contributed by atoms with Crippen molar-refractivity contribution in [1.82, 2.24) is 15.1 Å². The van der Waals surface area contributed by atoms with Crippen LogP contribution in [0.1, 0.15) is 19.3 Å². The van der Waals surface area contributed by atoms with Gasteiger partial charge >= 0.3 is 0 Å². The predicted molar refractivity (Wildman–Crippen MR) is 105 cm³/mol. The van der Waals surface area contributed by atoms with Gasteiger partial charge in [-0.05, 0) is 25.0 Å². The van der Waals surface area contributed by atoms with E-state index in [-0.39, 0.29) is 30.1 Å². The largest absolute Gasteiger partial charge is 0.490 e. The molecule has 0 saturated carbocycles. The Morgan fingerprint density at radius 3 is 2.37 bits per heavy atom. The molecule has 2 heterocycles. The number of carbonyl (C=O) groups excluding carboxylic acids is 1. The first kappa shape index (κ1) is 21.4. The summed E-state index contributed by atoms with van der Waals surface area (Å²) in [5.74, 6) is 0.915. The van der Waals surface area contributed by atoms with Crippen LogP contribution in [-0.2, 0) is 4.79 Å². The van der Waals surface area contributed by atoms with E-state index in [1.807, 2.05) is 4.90 Å². The number of ether oxygens (including phenoxy) is 1. The van der Waals surface area contributed by atoms with Gasteiger partial charge in [-0.25, -0.2) is 0 Å². The number of halogens is 1. The van der Waals surface area contributed by atoms with Crippen LogP contribution < -0.4 is 10.1 Å². The highest BCUT2D eigenvalue weighted by Crippen LogP contribution is 2.22. The van der Waals surface area contributed by atoms with Crippen molar-refractivity contribution in [2.24, 2.45) is 0 Å². The maximum absolute atomic E-state index is 12.2. The van der Waals surface area contributed by atoms with Gasteiger partial charge in [0.15, 0.2) is 0 Å². The summed E-state index contributed by atoms with van der Waals surface area (Å²) in [6.45, 7) is 6.01. The fraction of sp³-hybridized carbons (Fsp3) is 0.611. The second kappa shape index (κ2) is 10.4. The summed E-state index contributed by atoms with van der Waals surface area (Å²) in [4.78, 5) is 26.7. The Morgan fingerprint density at radius 1 is 1.15 bits per heavy atom. The monoisotopic (exact) mass is 398 g/mol. The SMILES string of the molecule is Cl.O=C(CCN1CCC(Oc2ccc([N+](=O)[O-])cc2)CC1)N1CCNCC1. The lowest BCUT2D eigenvalue weighted by Gasteiger charge is -2.33. The molecule has 8 nitrogen and oxygen atoms in total. The molecule has 0 atom stereocenters. The maximum Gasteiger partial charge on any atom is 0.269 e. The number of piperazine rings is 1. The first-order valence-electron chi connectivity index (χ1n) is 9.24. The van der Waals surface area contributed by atoms with Crippen LogP contribution in [0.5, 0.6) is 5.75 Å². The number of nitrogens with zero attached hydrogens (tertiary/aromatic N) is 3. The molecule has 1 N–H and O–H groups in total. The highest BCUT2D eigenvalue weighted by molar-refractivity contribution is 5.85. The molecule has 2 fully saturated rings. The Hall–Kier alpha value is -1.90. The highest BCUT2D eigenvalue weighted by Gasteiger charge is 2.22. The molecule has 1 aromatic rings. The molecule has 0 spiro atoms. The van der Waals surface area contributed by atoms with Crippen LogP contribution in [0.2, 0.25) is 0 Å². The number of piperidine rings is 1. The van der Waals surface area contributed by atoms with Gasteiger partial charge < -0.3 is 19.9 Å². The number of nitro benzene ring substituents is 1. The highest BCUT2D eigenvalue weighted by atomic mass is 35.5. The first-order chi connectivity index (χ1) is 12.6. The van der Waals surface area contributed by atoms with E-state index >= 15 is 0 Å². The molecule has 1 aromatic carbocycles. The predicted octanol–water partition coefficient (Wildman–Crippen LogP) is 1.68. The molecule has 0 unspecified atom stereocenters. The second-order valence-corrected chi connectivity index (χ2v) is 6.79. The third kappa shape index (κ3) is 6.34. The molecule has 0 bridgehead atoms. The first-order valence-corrected chi connectivity index (χ1v) is 9.24. The summed E-state index contributed by atoms with van der Waals surface area (Å²) in [6, 6.07) is 6.23. The molecule has 3 rings (SSSR count). The molecule has 2 saturated heterocycles. The molecular formula is C18H27ClN4O4. The number of carbonyl (C=O) groups is 1. The van der Waals surface area contributed by atoms with Crippen LogP contribution in [0.15, 0.2) is 24.3 Å². The third-order valence-electron chi connectivity index (χ3n) is 5.00. The van der Waals surface area contributed by atoms with Gasteiger partial charge in [-0.1, -0.05) is 0 Å². The minimum absolute atomic E-state index is 0. The fourth-order valence-electron chi connectivity index (χ4n) is 3.42. The zero-order valence-corrected chi connectivity index (χ0v) is 16.2. The molecule has 0 radical (unpaired) electrons. The number of non-ortho nitro benzene ring substituents is 1. The maximum atomic E-state index is 12.2. The number of benzene rings is 1. The molecule has 0 aliphatic carbocycles. The van der Waals surface area contributed by atoms with Crippen molar-refractivity contribution >= 4 is 24.0 Å². The van der Waals surface area contributed by atoms with E-state index in [0.29, 0.717) is 12.2 Å². The Balaban J connectivity index is 0.00000261. The van der Waals surface area contributed by atoms with Crippen molar-refractivity contribution in [2.45, 2.75) is 25.4 Å². The van der Waals surface area contributed by atoms with Crippen LogP contribution in [0.25, 0.3) is 0 Å². The van der Waals surface area contributed by atoms with E-state index in [4.69, 9.17) is 4.74 Å². The summed E-state index contributed by atoms with van der Waals surface area (Å²) in [5, 5.41) is 13.9. The van der Waals surface area contributed by atoms with Crippen LogP contribution in [0.4, 0.5) is 5.69 Å². The number of likely N-dealkylation sites (tertiary alicyclic amines) is 1. The number of hydrogen-bond donors (Lipinski definition) is 1. The summed E-state index contributed by atoms with van der Waals surface area (Å²) >= 11 is 0. The lowest BCUT2D eigenvalue weighted by Crippen LogP contribution is -2.47. The van der Waals surface area contributed by atoms with Gasteiger partial charge in [0.2, 0.25) is 5.91 Å². The minimum atomic E-state index is -0.413. The molecule has 1 amide bonds. The van der Waals surface area contributed by atoms with Crippen molar-refractivity contribution in [3.05, 3.63) is 34.4 Å². The molecule has 2 aliphatic heterocycles. The van der Waals surface area contributed by atoms with E-state index < -0.39 is 4.92 Å². The molecule has 150 valence electrons. The number of nitro groups is 1. The van der Waals surface area contributed by atoms with E-state index in [0.717, 1.165) is 58.7 Å². The fourth-order valence-corrected chi connectivity index (χ4v) is 3.42. The summed E-state index contributed by atoms with van der Waals surface area (Å²) in [5.41, 5.74) is 0.0707. The topological polar surface area (TPSA) is 88.0 Å². The second-order valence-electron chi connectivity index (χ2n) is 6.79. The van der Waals surface area contributed by atoms with Crippen molar-refractivity contribution in [1.29, 1.82) is 0 Å². The number of hydrogen-bond acceptors (Lipinski definition) is 6. The average molecular weight is 399 g/mol. The lowest BCUT2D eigenvalue weighted by atomic mass is 10.1. The van der Waals surface area contributed by atoms with Crippen molar-refractivity contribution in [3.8, 4) is 5.75 Å². The minimum Gasteiger partial charge on any atom is -0.490 e. The lowest BCUT2D eigenvalue weighted by molar-refractivity contribution is -0.384. The van der Waals surface area contributed by atoms with Gasteiger partial charge in [0.1, 0.15) is 11.9 Å². The smallest absolute Gasteiger partial charge is 0.269 e. The summed E-state index contributed by atoms with van der Waals surface area (Å²) < 4.78 is 5.93. The molecular weight excluding hydrogens is 372 g/mol. The quantitative estimate of drug-likeness (QED) is 0.579. The van der Waals surface area contributed by atoms with Crippen LogP contribution in [0, 0.1) is 10.1 Å². The molecule has 0 aromatic heterocycles. The molecule has 27 heavy (non-hydrogen) atoms. The Kier molecular flexibility index (Phi) is 8.27. The molecule has 9 heteroatoms. The average Bonchev–Trinajstić information content (AvgIpc) is 2.68. The van der Waals surface area contributed by atoms with Crippen molar-refractivity contribution < 1.29 is 14.5 Å². The number of nitrogens with one attached hydrogen (secondary N) is 1.